The highest BCUT2D eigenvalue weighted by molar-refractivity contribution is 9.13. The molecule has 0 spiro atoms. The Morgan fingerprint density at radius 1 is 1.06 bits per heavy atom. The molecule has 0 atom stereocenters. The minimum atomic E-state index is 1.10. The van der Waals surface area contributed by atoms with E-state index in [0.717, 1.165) is 10.9 Å². The molecule has 0 fully saturated rings. The fraction of sp³-hybridized carbons (Fsp3) is 0.286. The second-order valence-electron chi connectivity index (χ2n) is 4.13. The van der Waals surface area contributed by atoms with E-state index >= 15 is 0 Å². The maximum atomic E-state index is 3.80. The van der Waals surface area contributed by atoms with Gasteiger partial charge in [-0.05, 0) is 61.0 Å². The normalized spacial score (nSPS) is 11.1. The van der Waals surface area contributed by atoms with Gasteiger partial charge in [0, 0.05) is 8.95 Å². The van der Waals surface area contributed by atoms with Crippen molar-refractivity contribution in [2.75, 3.05) is 0 Å². The zero-order valence-corrected chi connectivity index (χ0v) is 13.9. The molecule has 2 aromatic carbocycles. The van der Waals surface area contributed by atoms with Crippen LogP contribution in [0.25, 0.3) is 10.8 Å². The molecule has 2 rings (SSSR count). The first-order valence-electron chi connectivity index (χ1n) is 5.77. The van der Waals surface area contributed by atoms with Crippen molar-refractivity contribution in [2.24, 2.45) is 0 Å². The number of hydrogen-bond donors (Lipinski definition) is 0. The molecule has 0 heterocycles. The first-order chi connectivity index (χ1) is 8.16. The van der Waals surface area contributed by atoms with E-state index in [1.807, 2.05) is 0 Å². The highest BCUT2D eigenvalue weighted by Gasteiger charge is 2.12. The maximum absolute atomic E-state index is 3.80. The standard InChI is InChI=1S/C14H13Br2Si/c1-2-3-6-11-13(16)12(15)9-7-4-5-8-10(9)14(11)17/h4-5,7-8H,2-3,6H2,1H3. The SMILES string of the molecule is CCCCc1c(Br)c(Br)c2ccccc2c1[Si]. The lowest BCUT2D eigenvalue weighted by molar-refractivity contribution is 0.796. The molecule has 0 aliphatic carbocycles. The van der Waals surface area contributed by atoms with E-state index < -0.39 is 0 Å². The topological polar surface area (TPSA) is 0 Å². The fourth-order valence-electron chi connectivity index (χ4n) is 2.00. The fourth-order valence-corrected chi connectivity index (χ4v) is 3.85. The van der Waals surface area contributed by atoms with Crippen LogP contribution in [0.3, 0.4) is 0 Å². The molecule has 0 saturated heterocycles. The van der Waals surface area contributed by atoms with Crippen molar-refractivity contribution < 1.29 is 0 Å². The zero-order valence-electron chi connectivity index (χ0n) is 9.69. The van der Waals surface area contributed by atoms with Gasteiger partial charge in [-0.2, -0.15) is 0 Å². The predicted molar refractivity (Wildman–Crippen MR) is 83.3 cm³/mol. The largest absolute Gasteiger partial charge is 0.0725 e. The van der Waals surface area contributed by atoms with Crippen molar-refractivity contribution in [2.45, 2.75) is 26.2 Å². The Balaban J connectivity index is 2.68. The number of benzene rings is 2. The summed E-state index contributed by atoms with van der Waals surface area (Å²) >= 11 is 7.39. The summed E-state index contributed by atoms with van der Waals surface area (Å²) in [5.41, 5.74) is 1.36. The number of fused-ring (bicyclic) bond motifs is 1. The molecular formula is C14H13Br2Si. The summed E-state index contributed by atoms with van der Waals surface area (Å²) in [6.45, 7) is 2.22. The maximum Gasteiger partial charge on any atom is 0.0725 e. The molecule has 3 radical (unpaired) electrons. The summed E-state index contributed by atoms with van der Waals surface area (Å²) in [6, 6.07) is 8.44. The molecule has 0 nitrogen and oxygen atoms in total. The number of rotatable bonds is 3. The van der Waals surface area contributed by atoms with Crippen LogP contribution in [-0.4, -0.2) is 10.2 Å². The van der Waals surface area contributed by atoms with Crippen LogP contribution in [0.4, 0.5) is 0 Å². The monoisotopic (exact) mass is 367 g/mol. The van der Waals surface area contributed by atoms with Crippen molar-refractivity contribution in [3.63, 3.8) is 0 Å². The Hall–Kier alpha value is -0.123. The van der Waals surface area contributed by atoms with Crippen LogP contribution in [0.5, 0.6) is 0 Å². The Labute approximate surface area is 122 Å². The van der Waals surface area contributed by atoms with E-state index in [2.05, 4.69) is 73.3 Å². The van der Waals surface area contributed by atoms with Gasteiger partial charge in [0.25, 0.3) is 0 Å². The van der Waals surface area contributed by atoms with Crippen LogP contribution in [0.15, 0.2) is 33.2 Å². The number of hydrogen-bond acceptors (Lipinski definition) is 0. The lowest BCUT2D eigenvalue weighted by Crippen LogP contribution is -2.13. The summed E-state index contributed by atoms with van der Waals surface area (Å²) in [7, 11) is 3.80. The van der Waals surface area contributed by atoms with E-state index in [-0.39, 0.29) is 0 Å². The minimum Gasteiger partial charge on any atom is -0.0654 e. The van der Waals surface area contributed by atoms with Crippen LogP contribution >= 0.6 is 31.9 Å². The molecule has 0 aliphatic heterocycles. The molecule has 0 amide bonds. The van der Waals surface area contributed by atoms with Gasteiger partial charge in [-0.25, -0.2) is 0 Å². The van der Waals surface area contributed by atoms with Crippen molar-refractivity contribution in [3.8, 4) is 0 Å². The average Bonchev–Trinajstić information content (AvgIpc) is 2.36. The van der Waals surface area contributed by atoms with E-state index in [4.69, 9.17) is 0 Å². The molecule has 0 bridgehead atoms. The molecule has 0 aliphatic rings. The van der Waals surface area contributed by atoms with Crippen molar-refractivity contribution in [1.82, 2.24) is 0 Å². The molecule has 0 aromatic heterocycles. The van der Waals surface area contributed by atoms with Crippen LogP contribution in [0, 0.1) is 0 Å². The quantitative estimate of drug-likeness (QED) is 0.699. The van der Waals surface area contributed by atoms with Gasteiger partial charge in [0.05, 0.1) is 10.2 Å². The lowest BCUT2D eigenvalue weighted by Gasteiger charge is -2.14. The summed E-state index contributed by atoms with van der Waals surface area (Å²) in [4.78, 5) is 0. The van der Waals surface area contributed by atoms with Gasteiger partial charge in [-0.3, -0.25) is 0 Å². The summed E-state index contributed by atoms with van der Waals surface area (Å²) < 4.78 is 2.33. The minimum absolute atomic E-state index is 1.10. The molecular weight excluding hydrogens is 356 g/mol. The molecule has 3 heteroatoms. The molecule has 87 valence electrons. The van der Waals surface area contributed by atoms with Gasteiger partial charge in [0.2, 0.25) is 0 Å². The highest BCUT2D eigenvalue weighted by Crippen LogP contribution is 2.33. The molecule has 0 saturated carbocycles. The van der Waals surface area contributed by atoms with E-state index in [1.54, 1.807) is 0 Å². The Bertz CT molecular complexity index is 549. The van der Waals surface area contributed by atoms with Crippen molar-refractivity contribution >= 4 is 58.1 Å². The Kier molecular flexibility index (Phi) is 4.45. The summed E-state index contributed by atoms with van der Waals surface area (Å²) in [5.74, 6) is 0. The molecule has 0 N–H and O–H groups in total. The van der Waals surface area contributed by atoms with Gasteiger partial charge in [-0.1, -0.05) is 42.8 Å². The Morgan fingerprint density at radius 3 is 2.35 bits per heavy atom. The van der Waals surface area contributed by atoms with Crippen LogP contribution in [0.1, 0.15) is 25.3 Å². The summed E-state index contributed by atoms with van der Waals surface area (Å²) in [5, 5.41) is 3.72. The van der Waals surface area contributed by atoms with Gasteiger partial charge >= 0.3 is 0 Å². The van der Waals surface area contributed by atoms with E-state index in [1.165, 1.54) is 38.8 Å². The van der Waals surface area contributed by atoms with Crippen LogP contribution < -0.4 is 5.19 Å². The predicted octanol–water partition coefficient (Wildman–Crippen LogP) is 4.50. The van der Waals surface area contributed by atoms with Gasteiger partial charge in [0.1, 0.15) is 0 Å². The van der Waals surface area contributed by atoms with Crippen LogP contribution in [-0.2, 0) is 6.42 Å². The first kappa shape index (κ1) is 13.3. The Morgan fingerprint density at radius 2 is 1.71 bits per heavy atom. The first-order valence-corrected chi connectivity index (χ1v) is 7.85. The van der Waals surface area contributed by atoms with Gasteiger partial charge in [-0.15, -0.1) is 0 Å². The van der Waals surface area contributed by atoms with Crippen LogP contribution in [0.2, 0.25) is 0 Å². The van der Waals surface area contributed by atoms with Gasteiger partial charge < -0.3 is 0 Å². The average molecular weight is 369 g/mol. The second kappa shape index (κ2) is 5.68. The zero-order chi connectivity index (χ0) is 12.4. The van der Waals surface area contributed by atoms with Gasteiger partial charge in [0.15, 0.2) is 0 Å². The van der Waals surface area contributed by atoms with Crippen molar-refractivity contribution in [1.29, 1.82) is 0 Å². The van der Waals surface area contributed by atoms with E-state index in [0.29, 0.717) is 0 Å². The molecule has 0 unspecified atom stereocenters. The second-order valence-corrected chi connectivity index (χ2v) is 6.22. The number of unbranched alkanes of at least 4 members (excludes halogenated alkanes) is 1. The summed E-state index contributed by atoms with van der Waals surface area (Å²) in [6.07, 6.45) is 3.52. The third-order valence-electron chi connectivity index (χ3n) is 2.97. The lowest BCUT2D eigenvalue weighted by atomic mass is 10.0. The van der Waals surface area contributed by atoms with E-state index in [9.17, 15) is 0 Å². The smallest absolute Gasteiger partial charge is 0.0654 e. The molecule has 2 aromatic rings. The third kappa shape index (κ3) is 2.51. The van der Waals surface area contributed by atoms with Crippen molar-refractivity contribution in [3.05, 3.63) is 38.8 Å². The number of halogens is 2. The highest BCUT2D eigenvalue weighted by atomic mass is 79.9. The third-order valence-corrected chi connectivity index (χ3v) is 5.77. The molecule has 17 heavy (non-hydrogen) atoms.